The fourth-order valence-corrected chi connectivity index (χ4v) is 1.79. The Kier molecular flexibility index (Phi) is 8.40. The van der Waals surface area contributed by atoms with E-state index in [4.69, 9.17) is 0 Å². The SMILES string of the molecule is CC(C)=CCC/C(C)=C/CNCCNc1ccccn1. The predicted molar refractivity (Wildman–Crippen MR) is 88.0 cm³/mol. The van der Waals surface area contributed by atoms with Crippen LogP contribution in [0.5, 0.6) is 0 Å². The van der Waals surface area contributed by atoms with E-state index in [1.807, 2.05) is 18.2 Å². The maximum Gasteiger partial charge on any atom is 0.125 e. The number of hydrogen-bond donors (Lipinski definition) is 2. The highest BCUT2D eigenvalue weighted by Gasteiger charge is 1.91. The maximum absolute atomic E-state index is 4.22. The molecule has 1 rings (SSSR count). The lowest BCUT2D eigenvalue weighted by molar-refractivity contribution is 0.763. The van der Waals surface area contributed by atoms with Crippen LogP contribution in [0.4, 0.5) is 5.82 Å². The number of pyridine rings is 1. The van der Waals surface area contributed by atoms with Gasteiger partial charge in [-0.1, -0.05) is 29.4 Å². The van der Waals surface area contributed by atoms with E-state index in [0.717, 1.165) is 38.3 Å². The number of hydrogen-bond acceptors (Lipinski definition) is 3. The highest BCUT2D eigenvalue weighted by molar-refractivity contribution is 5.32. The summed E-state index contributed by atoms with van der Waals surface area (Å²) in [5.74, 6) is 0.933. The first kappa shape index (κ1) is 16.4. The number of allylic oxidation sites excluding steroid dienone is 3. The second-order valence-corrected chi connectivity index (χ2v) is 5.22. The average molecular weight is 273 g/mol. The number of nitrogens with one attached hydrogen (secondary N) is 2. The predicted octanol–water partition coefficient (Wildman–Crippen LogP) is 3.78. The Morgan fingerprint density at radius 2 is 2.00 bits per heavy atom. The summed E-state index contributed by atoms with van der Waals surface area (Å²) < 4.78 is 0. The Labute approximate surface area is 123 Å². The van der Waals surface area contributed by atoms with Crippen LogP contribution in [0.2, 0.25) is 0 Å². The van der Waals surface area contributed by atoms with Gasteiger partial charge < -0.3 is 10.6 Å². The largest absolute Gasteiger partial charge is 0.369 e. The van der Waals surface area contributed by atoms with Crippen LogP contribution in [-0.2, 0) is 0 Å². The molecule has 0 saturated carbocycles. The van der Waals surface area contributed by atoms with Crippen LogP contribution in [0, 0.1) is 0 Å². The zero-order valence-electron chi connectivity index (χ0n) is 12.9. The highest BCUT2D eigenvalue weighted by Crippen LogP contribution is 2.05. The van der Waals surface area contributed by atoms with Gasteiger partial charge in [0.15, 0.2) is 0 Å². The van der Waals surface area contributed by atoms with E-state index < -0.39 is 0 Å². The number of nitrogens with zero attached hydrogens (tertiary/aromatic N) is 1. The molecular weight excluding hydrogens is 246 g/mol. The smallest absolute Gasteiger partial charge is 0.125 e. The molecule has 110 valence electrons. The first-order valence-corrected chi connectivity index (χ1v) is 7.33. The quantitative estimate of drug-likeness (QED) is 0.531. The fourth-order valence-electron chi connectivity index (χ4n) is 1.79. The molecule has 20 heavy (non-hydrogen) atoms. The second kappa shape index (κ2) is 10.2. The van der Waals surface area contributed by atoms with E-state index in [9.17, 15) is 0 Å². The van der Waals surface area contributed by atoms with Crippen molar-refractivity contribution >= 4 is 5.82 Å². The van der Waals surface area contributed by atoms with Crippen LogP contribution in [-0.4, -0.2) is 24.6 Å². The van der Waals surface area contributed by atoms with Crippen LogP contribution >= 0.6 is 0 Å². The first-order valence-electron chi connectivity index (χ1n) is 7.33. The molecule has 0 fully saturated rings. The van der Waals surface area contributed by atoms with E-state index >= 15 is 0 Å². The van der Waals surface area contributed by atoms with Crippen molar-refractivity contribution in [2.24, 2.45) is 0 Å². The minimum absolute atomic E-state index is 0.891. The summed E-state index contributed by atoms with van der Waals surface area (Å²) in [7, 11) is 0. The summed E-state index contributed by atoms with van der Waals surface area (Å²) in [4.78, 5) is 4.22. The molecule has 0 amide bonds. The number of anilines is 1. The van der Waals surface area contributed by atoms with E-state index in [1.165, 1.54) is 11.1 Å². The van der Waals surface area contributed by atoms with Gasteiger partial charge in [-0.25, -0.2) is 4.98 Å². The van der Waals surface area contributed by atoms with Gasteiger partial charge in [0, 0.05) is 25.8 Å². The Morgan fingerprint density at radius 1 is 1.15 bits per heavy atom. The van der Waals surface area contributed by atoms with Crippen LogP contribution in [0.25, 0.3) is 0 Å². The molecule has 1 aromatic heterocycles. The molecule has 0 spiro atoms. The minimum atomic E-state index is 0.891. The molecule has 3 heteroatoms. The Bertz CT molecular complexity index is 417. The van der Waals surface area contributed by atoms with Gasteiger partial charge in [-0.2, -0.15) is 0 Å². The lowest BCUT2D eigenvalue weighted by atomic mass is 10.1. The van der Waals surface area contributed by atoms with Crippen molar-refractivity contribution < 1.29 is 0 Å². The maximum atomic E-state index is 4.22. The summed E-state index contributed by atoms with van der Waals surface area (Å²) >= 11 is 0. The molecule has 0 unspecified atom stereocenters. The minimum Gasteiger partial charge on any atom is -0.369 e. The molecule has 3 nitrogen and oxygen atoms in total. The van der Waals surface area contributed by atoms with E-state index in [2.05, 4.69) is 48.5 Å². The molecular formula is C17H27N3. The van der Waals surface area contributed by atoms with Gasteiger partial charge in [-0.15, -0.1) is 0 Å². The van der Waals surface area contributed by atoms with Gasteiger partial charge >= 0.3 is 0 Å². The molecule has 1 aromatic rings. The molecule has 0 aliphatic heterocycles. The average Bonchev–Trinajstić information content (AvgIpc) is 2.43. The third-order valence-electron chi connectivity index (χ3n) is 2.96. The molecule has 0 radical (unpaired) electrons. The first-order chi connectivity index (χ1) is 9.68. The molecule has 2 N–H and O–H groups in total. The monoisotopic (exact) mass is 273 g/mol. The lowest BCUT2D eigenvalue weighted by Crippen LogP contribution is -2.22. The summed E-state index contributed by atoms with van der Waals surface area (Å²) in [5, 5.41) is 6.68. The molecule has 0 aromatic carbocycles. The third-order valence-corrected chi connectivity index (χ3v) is 2.96. The van der Waals surface area contributed by atoms with E-state index in [-0.39, 0.29) is 0 Å². The highest BCUT2D eigenvalue weighted by atomic mass is 15.0. The standard InChI is InChI=1S/C17H27N3/c1-15(2)7-6-8-16(3)10-12-18-13-14-20-17-9-4-5-11-19-17/h4-5,7,9-11,18H,6,8,12-14H2,1-3H3,(H,19,20)/b16-10+. The number of aromatic nitrogens is 1. The van der Waals surface area contributed by atoms with Crippen molar-refractivity contribution in [3.05, 3.63) is 47.7 Å². The van der Waals surface area contributed by atoms with E-state index in [0.29, 0.717) is 0 Å². The van der Waals surface area contributed by atoms with Crippen molar-refractivity contribution in [3.8, 4) is 0 Å². The van der Waals surface area contributed by atoms with Crippen molar-refractivity contribution in [2.75, 3.05) is 25.0 Å². The van der Waals surface area contributed by atoms with Crippen LogP contribution < -0.4 is 10.6 Å². The van der Waals surface area contributed by atoms with Crippen LogP contribution in [0.3, 0.4) is 0 Å². The summed E-state index contributed by atoms with van der Waals surface area (Å²) in [6.45, 7) is 9.26. The molecule has 0 aliphatic rings. The Hall–Kier alpha value is -1.61. The molecule has 1 heterocycles. The van der Waals surface area contributed by atoms with Crippen molar-refractivity contribution in [1.82, 2.24) is 10.3 Å². The summed E-state index contributed by atoms with van der Waals surface area (Å²) in [6, 6.07) is 5.89. The fraction of sp³-hybridized carbons (Fsp3) is 0.471. The number of rotatable bonds is 9. The Balaban J connectivity index is 2.05. The van der Waals surface area contributed by atoms with Gasteiger partial charge in [0.2, 0.25) is 0 Å². The van der Waals surface area contributed by atoms with Crippen molar-refractivity contribution in [1.29, 1.82) is 0 Å². The van der Waals surface area contributed by atoms with Gasteiger partial charge in [0.1, 0.15) is 5.82 Å². The topological polar surface area (TPSA) is 37.0 Å². The Morgan fingerprint density at radius 3 is 2.70 bits per heavy atom. The zero-order chi connectivity index (χ0) is 14.6. The molecule has 0 aliphatic carbocycles. The molecule has 0 bridgehead atoms. The van der Waals surface area contributed by atoms with Gasteiger partial charge in [-0.05, 0) is 45.7 Å². The zero-order valence-corrected chi connectivity index (χ0v) is 12.9. The van der Waals surface area contributed by atoms with Crippen molar-refractivity contribution in [2.45, 2.75) is 33.6 Å². The normalized spacial score (nSPS) is 11.2. The van der Waals surface area contributed by atoms with Crippen LogP contribution in [0.15, 0.2) is 47.7 Å². The lowest BCUT2D eigenvalue weighted by Gasteiger charge is -2.06. The van der Waals surface area contributed by atoms with E-state index in [1.54, 1.807) is 6.20 Å². The third kappa shape index (κ3) is 8.48. The van der Waals surface area contributed by atoms with Gasteiger partial charge in [-0.3, -0.25) is 0 Å². The van der Waals surface area contributed by atoms with Gasteiger partial charge in [0.25, 0.3) is 0 Å². The van der Waals surface area contributed by atoms with Gasteiger partial charge in [0.05, 0.1) is 0 Å². The molecule has 0 atom stereocenters. The summed E-state index contributed by atoms with van der Waals surface area (Å²) in [6.07, 6.45) is 8.67. The summed E-state index contributed by atoms with van der Waals surface area (Å²) in [5.41, 5.74) is 2.85. The van der Waals surface area contributed by atoms with Crippen LogP contribution in [0.1, 0.15) is 33.6 Å². The second-order valence-electron chi connectivity index (χ2n) is 5.22. The molecule has 0 saturated heterocycles. The van der Waals surface area contributed by atoms with Crippen molar-refractivity contribution in [3.63, 3.8) is 0 Å².